The second kappa shape index (κ2) is 7.02. The van der Waals surface area contributed by atoms with E-state index < -0.39 is 10.0 Å². The van der Waals surface area contributed by atoms with E-state index >= 15 is 0 Å². The van der Waals surface area contributed by atoms with Crippen molar-refractivity contribution < 1.29 is 13.5 Å². The Morgan fingerprint density at radius 1 is 1.30 bits per heavy atom. The van der Waals surface area contributed by atoms with Gasteiger partial charge in [-0.05, 0) is 37.3 Å². The zero-order valence-corrected chi connectivity index (χ0v) is 12.3. The predicted molar refractivity (Wildman–Crippen MR) is 80.4 cm³/mol. The molecule has 1 aliphatic rings. The van der Waals surface area contributed by atoms with Crippen molar-refractivity contribution in [3.05, 3.63) is 41.3 Å². The van der Waals surface area contributed by atoms with Gasteiger partial charge < -0.3 is 5.11 Å². The van der Waals surface area contributed by atoms with E-state index in [2.05, 4.69) is 0 Å². The van der Waals surface area contributed by atoms with Crippen LogP contribution in [0.15, 0.2) is 35.7 Å². The van der Waals surface area contributed by atoms with Crippen molar-refractivity contribution in [3.8, 4) is 0 Å². The van der Waals surface area contributed by atoms with Crippen molar-refractivity contribution in [2.24, 2.45) is 0 Å². The molecule has 1 heterocycles. The molecule has 0 amide bonds. The summed E-state index contributed by atoms with van der Waals surface area (Å²) < 4.78 is 26.3. The Hall–Kier alpha value is -1.17. The monoisotopic (exact) mass is 295 g/mol. The van der Waals surface area contributed by atoms with Crippen LogP contribution in [-0.2, 0) is 10.0 Å². The lowest BCUT2D eigenvalue weighted by Crippen LogP contribution is -2.34. The van der Waals surface area contributed by atoms with Crippen LogP contribution >= 0.6 is 0 Å². The molecule has 110 valence electrons. The summed E-state index contributed by atoms with van der Waals surface area (Å²) in [5.74, 6) is 0. The minimum absolute atomic E-state index is 0.0348. The molecule has 0 radical (unpaired) electrons. The molecule has 1 fully saturated rings. The summed E-state index contributed by atoms with van der Waals surface area (Å²) in [5.41, 5.74) is 0.877. The van der Waals surface area contributed by atoms with Gasteiger partial charge in [0.25, 0.3) is 0 Å². The number of hydrogen-bond acceptors (Lipinski definition) is 3. The number of aliphatic hydroxyl groups is 1. The SMILES string of the molecule is O=S(=O)(C=Cc1ccccc1)N1CCCC1CCCO. The van der Waals surface area contributed by atoms with Crippen LogP contribution in [0.4, 0.5) is 0 Å². The first-order valence-corrected chi connectivity index (χ1v) is 8.49. The number of aliphatic hydroxyl groups excluding tert-OH is 1. The molecular weight excluding hydrogens is 274 g/mol. The second-order valence-electron chi connectivity index (χ2n) is 5.03. The maximum atomic E-state index is 12.4. The number of rotatable bonds is 6. The molecular formula is C15H21NO3S. The van der Waals surface area contributed by atoms with E-state index in [1.165, 1.54) is 5.41 Å². The lowest BCUT2D eigenvalue weighted by Gasteiger charge is -2.22. The summed E-state index contributed by atoms with van der Waals surface area (Å²) in [6.07, 6.45) is 4.80. The average molecular weight is 295 g/mol. The third-order valence-electron chi connectivity index (χ3n) is 3.58. The Morgan fingerprint density at radius 2 is 2.05 bits per heavy atom. The minimum Gasteiger partial charge on any atom is -0.396 e. The van der Waals surface area contributed by atoms with Gasteiger partial charge >= 0.3 is 0 Å². The molecule has 0 saturated carbocycles. The van der Waals surface area contributed by atoms with Crippen LogP contribution in [0.25, 0.3) is 6.08 Å². The van der Waals surface area contributed by atoms with Crippen molar-refractivity contribution >= 4 is 16.1 Å². The Balaban J connectivity index is 2.07. The number of hydrogen-bond donors (Lipinski definition) is 1. The van der Waals surface area contributed by atoms with Crippen LogP contribution in [-0.4, -0.2) is 37.0 Å². The van der Waals surface area contributed by atoms with Gasteiger partial charge in [-0.2, -0.15) is 4.31 Å². The second-order valence-corrected chi connectivity index (χ2v) is 6.80. The van der Waals surface area contributed by atoms with E-state index in [4.69, 9.17) is 5.11 Å². The Labute approximate surface area is 120 Å². The molecule has 0 spiro atoms. The van der Waals surface area contributed by atoms with E-state index in [0.29, 0.717) is 13.0 Å². The molecule has 1 aromatic rings. The molecule has 0 aliphatic carbocycles. The first kappa shape index (κ1) is 15.2. The predicted octanol–water partition coefficient (Wildman–Crippen LogP) is 2.22. The smallest absolute Gasteiger partial charge is 0.236 e. The highest BCUT2D eigenvalue weighted by Gasteiger charge is 2.31. The Morgan fingerprint density at radius 3 is 2.75 bits per heavy atom. The zero-order chi connectivity index (χ0) is 14.4. The van der Waals surface area contributed by atoms with E-state index in [0.717, 1.165) is 24.8 Å². The van der Waals surface area contributed by atoms with Gasteiger partial charge in [-0.25, -0.2) is 8.42 Å². The molecule has 1 unspecified atom stereocenters. The van der Waals surface area contributed by atoms with Crippen LogP contribution in [0.2, 0.25) is 0 Å². The maximum absolute atomic E-state index is 12.4. The summed E-state index contributed by atoms with van der Waals surface area (Å²) in [6, 6.07) is 9.45. The summed E-state index contributed by atoms with van der Waals surface area (Å²) >= 11 is 0. The Bertz CT molecular complexity index is 539. The van der Waals surface area contributed by atoms with Crippen LogP contribution in [0.5, 0.6) is 0 Å². The van der Waals surface area contributed by atoms with Gasteiger partial charge in [0.15, 0.2) is 0 Å². The summed E-state index contributed by atoms with van der Waals surface area (Å²) in [5, 5.41) is 10.2. The summed E-state index contributed by atoms with van der Waals surface area (Å²) in [4.78, 5) is 0. The number of sulfonamides is 1. The normalized spacial score (nSPS) is 20.8. The molecule has 1 aromatic carbocycles. The van der Waals surface area contributed by atoms with Gasteiger partial charge in [0.1, 0.15) is 0 Å². The fourth-order valence-electron chi connectivity index (χ4n) is 2.57. The highest BCUT2D eigenvalue weighted by atomic mass is 32.2. The third-order valence-corrected chi connectivity index (χ3v) is 5.19. The molecule has 5 heteroatoms. The van der Waals surface area contributed by atoms with E-state index in [1.807, 2.05) is 30.3 Å². The van der Waals surface area contributed by atoms with Crippen molar-refractivity contribution in [3.63, 3.8) is 0 Å². The van der Waals surface area contributed by atoms with Crippen molar-refractivity contribution in [1.82, 2.24) is 4.31 Å². The number of nitrogens with zero attached hydrogens (tertiary/aromatic N) is 1. The van der Waals surface area contributed by atoms with Crippen molar-refractivity contribution in [1.29, 1.82) is 0 Å². The molecule has 20 heavy (non-hydrogen) atoms. The quantitative estimate of drug-likeness (QED) is 0.875. The first-order chi connectivity index (χ1) is 9.63. The number of benzene rings is 1. The molecule has 1 saturated heterocycles. The van der Waals surface area contributed by atoms with Gasteiger partial charge in [0.2, 0.25) is 10.0 Å². The van der Waals surface area contributed by atoms with Crippen molar-refractivity contribution in [2.45, 2.75) is 31.7 Å². The zero-order valence-electron chi connectivity index (χ0n) is 11.5. The molecule has 0 aromatic heterocycles. The highest BCUT2D eigenvalue weighted by molar-refractivity contribution is 7.92. The molecule has 2 rings (SSSR count). The van der Waals surface area contributed by atoms with Gasteiger partial charge in [-0.3, -0.25) is 0 Å². The van der Waals surface area contributed by atoms with Crippen LogP contribution in [0, 0.1) is 0 Å². The fourth-order valence-corrected chi connectivity index (χ4v) is 4.06. The molecule has 4 nitrogen and oxygen atoms in total. The molecule has 0 bridgehead atoms. The van der Waals surface area contributed by atoms with Gasteiger partial charge in [-0.15, -0.1) is 0 Å². The lowest BCUT2D eigenvalue weighted by atomic mass is 10.1. The minimum atomic E-state index is -3.37. The van der Waals surface area contributed by atoms with Crippen LogP contribution < -0.4 is 0 Å². The fraction of sp³-hybridized carbons (Fsp3) is 0.467. The largest absolute Gasteiger partial charge is 0.396 e. The van der Waals surface area contributed by atoms with E-state index in [9.17, 15) is 8.42 Å². The van der Waals surface area contributed by atoms with Crippen LogP contribution in [0.3, 0.4) is 0 Å². The first-order valence-electron chi connectivity index (χ1n) is 6.99. The standard InChI is InChI=1S/C15H21NO3S/c17-12-5-9-15-8-4-11-16(15)20(18,19)13-10-14-6-2-1-3-7-14/h1-3,6-7,10,13,15,17H,4-5,8-9,11-12H2. The summed E-state index contributed by atoms with van der Waals surface area (Å²) in [7, 11) is -3.37. The molecule has 1 aliphatic heterocycles. The van der Waals surface area contributed by atoms with Gasteiger partial charge in [0, 0.05) is 24.6 Å². The molecule has 1 atom stereocenters. The molecule has 1 N–H and O–H groups in total. The Kier molecular flexibility index (Phi) is 5.34. The highest BCUT2D eigenvalue weighted by Crippen LogP contribution is 2.25. The maximum Gasteiger partial charge on any atom is 0.236 e. The van der Waals surface area contributed by atoms with E-state index in [-0.39, 0.29) is 12.6 Å². The van der Waals surface area contributed by atoms with Crippen LogP contribution in [0.1, 0.15) is 31.2 Å². The van der Waals surface area contributed by atoms with Gasteiger partial charge in [-0.1, -0.05) is 30.3 Å². The van der Waals surface area contributed by atoms with Crippen molar-refractivity contribution in [2.75, 3.05) is 13.2 Å². The topological polar surface area (TPSA) is 57.6 Å². The van der Waals surface area contributed by atoms with E-state index in [1.54, 1.807) is 10.4 Å². The third kappa shape index (κ3) is 3.91. The lowest BCUT2D eigenvalue weighted by molar-refractivity contribution is 0.264. The van der Waals surface area contributed by atoms with Gasteiger partial charge in [0.05, 0.1) is 0 Å². The summed E-state index contributed by atoms with van der Waals surface area (Å²) in [6.45, 7) is 0.696. The average Bonchev–Trinajstić information content (AvgIpc) is 2.93.